The van der Waals surface area contributed by atoms with E-state index < -0.39 is 27.5 Å². The minimum Gasteiger partial charge on any atom is -0.481 e. The minimum absolute atomic E-state index is 0.260. The summed E-state index contributed by atoms with van der Waals surface area (Å²) in [5.74, 6) is -2.19. The Morgan fingerprint density at radius 1 is 1.47 bits per heavy atom. The van der Waals surface area contributed by atoms with E-state index in [9.17, 15) is 17.6 Å². The van der Waals surface area contributed by atoms with Gasteiger partial charge in [0.2, 0.25) is 0 Å². The van der Waals surface area contributed by atoms with Crippen LogP contribution in [0.2, 0.25) is 0 Å². The van der Waals surface area contributed by atoms with Crippen molar-refractivity contribution in [2.75, 3.05) is 12.8 Å². The number of aliphatic carboxylic acids is 1. The lowest BCUT2D eigenvalue weighted by Gasteiger charge is -2.11. The van der Waals surface area contributed by atoms with Crippen LogP contribution in [0.4, 0.5) is 4.39 Å². The standard InChI is InChI=1S/C12H14FNO4S/c1-19(17,18)11-3-2-7(4-9(11)13)10-5-8(6-14-10)12(15)16/h2-4,8,10,14H,5-6H2,1H3,(H,15,16). The molecule has 2 unspecified atom stereocenters. The molecule has 0 bridgehead atoms. The Balaban J connectivity index is 2.25. The molecule has 0 radical (unpaired) electrons. The molecule has 0 aliphatic carbocycles. The number of benzene rings is 1. The molecule has 104 valence electrons. The van der Waals surface area contributed by atoms with E-state index in [2.05, 4.69) is 5.32 Å². The molecule has 2 rings (SSSR count). The normalized spacial score (nSPS) is 23.5. The van der Waals surface area contributed by atoms with E-state index in [-0.39, 0.29) is 10.9 Å². The molecule has 19 heavy (non-hydrogen) atoms. The Kier molecular flexibility index (Phi) is 3.60. The van der Waals surface area contributed by atoms with E-state index in [1.807, 2.05) is 0 Å². The van der Waals surface area contributed by atoms with Gasteiger partial charge in [0.15, 0.2) is 9.84 Å². The number of hydrogen-bond donors (Lipinski definition) is 2. The van der Waals surface area contributed by atoms with E-state index in [0.717, 1.165) is 12.3 Å². The molecule has 1 heterocycles. The molecule has 1 fully saturated rings. The summed E-state index contributed by atoms with van der Waals surface area (Å²) in [7, 11) is -3.59. The molecule has 0 amide bonds. The highest BCUT2D eigenvalue weighted by molar-refractivity contribution is 7.90. The molecule has 2 N–H and O–H groups in total. The van der Waals surface area contributed by atoms with E-state index in [1.54, 1.807) is 0 Å². The fraction of sp³-hybridized carbons (Fsp3) is 0.417. The Labute approximate surface area is 110 Å². The van der Waals surface area contributed by atoms with Gasteiger partial charge in [-0.1, -0.05) is 6.07 Å². The highest BCUT2D eigenvalue weighted by Crippen LogP contribution is 2.29. The summed E-state index contributed by atoms with van der Waals surface area (Å²) in [5.41, 5.74) is 0.564. The molecule has 1 aliphatic rings. The van der Waals surface area contributed by atoms with Crippen LogP contribution < -0.4 is 5.32 Å². The SMILES string of the molecule is CS(=O)(=O)c1ccc(C2CC(C(=O)O)CN2)cc1F. The number of carboxylic acid groups (broad SMARTS) is 1. The van der Waals surface area contributed by atoms with Crippen LogP contribution in [0.3, 0.4) is 0 Å². The average Bonchev–Trinajstić information content (AvgIpc) is 2.76. The van der Waals surface area contributed by atoms with Gasteiger partial charge in [0.1, 0.15) is 10.7 Å². The summed E-state index contributed by atoms with van der Waals surface area (Å²) < 4.78 is 36.3. The van der Waals surface area contributed by atoms with Crippen molar-refractivity contribution in [3.05, 3.63) is 29.6 Å². The number of carboxylic acids is 1. The van der Waals surface area contributed by atoms with Crippen molar-refractivity contribution in [1.29, 1.82) is 0 Å². The van der Waals surface area contributed by atoms with Crippen LogP contribution in [-0.4, -0.2) is 32.3 Å². The van der Waals surface area contributed by atoms with Gasteiger partial charge in [-0.25, -0.2) is 12.8 Å². The summed E-state index contributed by atoms with van der Waals surface area (Å²) in [6, 6.07) is 3.62. The van der Waals surface area contributed by atoms with Crippen LogP contribution in [0.25, 0.3) is 0 Å². The molecular weight excluding hydrogens is 273 g/mol. The first-order valence-corrected chi connectivity index (χ1v) is 7.64. The Morgan fingerprint density at radius 2 is 2.16 bits per heavy atom. The summed E-state index contributed by atoms with van der Waals surface area (Å²) in [6.07, 6.45) is 1.31. The zero-order valence-corrected chi connectivity index (χ0v) is 11.1. The molecule has 1 aromatic rings. The van der Waals surface area contributed by atoms with Gasteiger partial charge in [0, 0.05) is 18.8 Å². The van der Waals surface area contributed by atoms with E-state index in [1.165, 1.54) is 12.1 Å². The molecule has 5 nitrogen and oxygen atoms in total. The first-order chi connectivity index (χ1) is 8.79. The van der Waals surface area contributed by atoms with Gasteiger partial charge in [-0.05, 0) is 24.1 Å². The third kappa shape index (κ3) is 2.93. The second-order valence-electron chi connectivity index (χ2n) is 4.69. The minimum atomic E-state index is -3.59. The van der Waals surface area contributed by atoms with E-state index in [0.29, 0.717) is 18.5 Å². The van der Waals surface area contributed by atoms with E-state index >= 15 is 0 Å². The molecule has 1 saturated heterocycles. The Bertz CT molecular complexity index is 614. The molecule has 7 heteroatoms. The van der Waals surface area contributed by atoms with Gasteiger partial charge < -0.3 is 10.4 Å². The highest BCUT2D eigenvalue weighted by Gasteiger charge is 2.30. The first-order valence-electron chi connectivity index (χ1n) is 5.74. The topological polar surface area (TPSA) is 83.5 Å². The zero-order chi connectivity index (χ0) is 14.2. The van der Waals surface area contributed by atoms with Crippen molar-refractivity contribution < 1.29 is 22.7 Å². The first kappa shape index (κ1) is 14.0. The zero-order valence-electron chi connectivity index (χ0n) is 10.3. The smallest absolute Gasteiger partial charge is 0.307 e. The maximum atomic E-state index is 13.7. The quantitative estimate of drug-likeness (QED) is 0.865. The fourth-order valence-electron chi connectivity index (χ4n) is 2.21. The molecule has 1 aliphatic heterocycles. The van der Waals surface area contributed by atoms with Crippen LogP contribution in [0.1, 0.15) is 18.0 Å². The van der Waals surface area contributed by atoms with Gasteiger partial charge in [-0.2, -0.15) is 0 Å². The number of carbonyl (C=O) groups is 1. The summed E-state index contributed by atoms with van der Waals surface area (Å²) in [6.45, 7) is 0.329. The van der Waals surface area contributed by atoms with Gasteiger partial charge in [-0.15, -0.1) is 0 Å². The lowest BCUT2D eigenvalue weighted by atomic mass is 10.0. The van der Waals surface area contributed by atoms with Gasteiger partial charge >= 0.3 is 5.97 Å². The number of hydrogen-bond acceptors (Lipinski definition) is 4. The van der Waals surface area contributed by atoms with Crippen LogP contribution in [0.15, 0.2) is 23.1 Å². The predicted octanol–water partition coefficient (Wildman–Crippen LogP) is 0.964. The van der Waals surface area contributed by atoms with Crippen molar-refractivity contribution in [3.8, 4) is 0 Å². The Hall–Kier alpha value is -1.47. The predicted molar refractivity (Wildman–Crippen MR) is 66.0 cm³/mol. The summed E-state index contributed by atoms with van der Waals surface area (Å²) in [4.78, 5) is 10.5. The Morgan fingerprint density at radius 3 is 2.63 bits per heavy atom. The second-order valence-corrected chi connectivity index (χ2v) is 6.68. The van der Waals surface area contributed by atoms with Gasteiger partial charge in [-0.3, -0.25) is 4.79 Å². The third-order valence-corrected chi connectivity index (χ3v) is 4.37. The number of nitrogens with one attached hydrogen (secondary N) is 1. The number of rotatable bonds is 3. The third-order valence-electron chi connectivity index (χ3n) is 3.24. The fourth-order valence-corrected chi connectivity index (χ4v) is 2.94. The monoisotopic (exact) mass is 287 g/mol. The van der Waals surface area contributed by atoms with Crippen molar-refractivity contribution in [3.63, 3.8) is 0 Å². The van der Waals surface area contributed by atoms with Gasteiger partial charge in [0.25, 0.3) is 0 Å². The molecule has 1 aromatic carbocycles. The van der Waals surface area contributed by atoms with Crippen molar-refractivity contribution >= 4 is 15.8 Å². The molecule has 0 spiro atoms. The largest absolute Gasteiger partial charge is 0.481 e. The maximum Gasteiger partial charge on any atom is 0.307 e. The molecule has 0 aromatic heterocycles. The van der Waals surface area contributed by atoms with Crippen LogP contribution in [0.5, 0.6) is 0 Å². The highest BCUT2D eigenvalue weighted by atomic mass is 32.2. The number of sulfone groups is 1. The lowest BCUT2D eigenvalue weighted by Crippen LogP contribution is -2.17. The molecular formula is C12H14FNO4S. The van der Waals surface area contributed by atoms with Crippen molar-refractivity contribution in [2.24, 2.45) is 5.92 Å². The maximum absolute atomic E-state index is 13.7. The second kappa shape index (κ2) is 4.90. The average molecular weight is 287 g/mol. The number of halogens is 1. The van der Waals surface area contributed by atoms with Crippen LogP contribution in [0, 0.1) is 11.7 Å². The summed E-state index contributed by atoms with van der Waals surface area (Å²) in [5, 5.41) is 11.9. The van der Waals surface area contributed by atoms with Crippen LogP contribution in [-0.2, 0) is 14.6 Å². The van der Waals surface area contributed by atoms with Crippen molar-refractivity contribution in [2.45, 2.75) is 17.4 Å². The van der Waals surface area contributed by atoms with E-state index in [4.69, 9.17) is 5.11 Å². The lowest BCUT2D eigenvalue weighted by molar-refractivity contribution is -0.141. The molecule has 2 atom stereocenters. The van der Waals surface area contributed by atoms with Gasteiger partial charge in [0.05, 0.1) is 5.92 Å². The van der Waals surface area contributed by atoms with Crippen LogP contribution >= 0.6 is 0 Å². The van der Waals surface area contributed by atoms with Crippen molar-refractivity contribution in [1.82, 2.24) is 5.32 Å². The molecule has 0 saturated carbocycles. The summed E-state index contributed by atoms with van der Waals surface area (Å²) >= 11 is 0.